The minimum atomic E-state index is 0.633. The van der Waals surface area contributed by atoms with Crippen LogP contribution in [0.2, 0.25) is 5.15 Å². The summed E-state index contributed by atoms with van der Waals surface area (Å²) in [5.74, 6) is 0. The highest BCUT2D eigenvalue weighted by Crippen LogP contribution is 2.15. The lowest BCUT2D eigenvalue weighted by Gasteiger charge is -1.98. The van der Waals surface area contributed by atoms with Crippen LogP contribution in [0.15, 0.2) is 12.3 Å². The first-order chi connectivity index (χ1) is 5.68. The van der Waals surface area contributed by atoms with Gasteiger partial charge in [0.1, 0.15) is 5.15 Å². The van der Waals surface area contributed by atoms with Gasteiger partial charge >= 0.3 is 0 Å². The third-order valence-corrected chi connectivity index (χ3v) is 2.17. The van der Waals surface area contributed by atoms with Crippen molar-refractivity contribution in [3.05, 3.63) is 28.7 Å². The summed E-state index contributed by atoms with van der Waals surface area (Å²) in [6.45, 7) is 3.83. The van der Waals surface area contributed by atoms with E-state index in [0.717, 1.165) is 16.9 Å². The van der Waals surface area contributed by atoms with Gasteiger partial charge in [0.25, 0.3) is 0 Å². The maximum atomic E-state index is 6.00. The molecule has 3 nitrogen and oxygen atoms in total. The zero-order valence-electron chi connectivity index (χ0n) is 6.87. The minimum absolute atomic E-state index is 0.633. The highest BCUT2D eigenvalue weighted by atomic mass is 35.5. The molecule has 2 aromatic heterocycles. The van der Waals surface area contributed by atoms with Gasteiger partial charge in [0, 0.05) is 17.8 Å². The molecule has 0 unspecified atom stereocenters. The highest BCUT2D eigenvalue weighted by Gasteiger charge is 2.04. The summed E-state index contributed by atoms with van der Waals surface area (Å²) in [7, 11) is 0. The molecule has 0 aliphatic carbocycles. The van der Waals surface area contributed by atoms with E-state index in [1.54, 1.807) is 10.7 Å². The van der Waals surface area contributed by atoms with E-state index in [1.165, 1.54) is 0 Å². The molecule has 62 valence electrons. The molecule has 0 fully saturated rings. The fourth-order valence-corrected chi connectivity index (χ4v) is 1.28. The number of rotatable bonds is 0. The predicted molar refractivity (Wildman–Crippen MR) is 47.5 cm³/mol. The summed E-state index contributed by atoms with van der Waals surface area (Å²) in [6, 6.07) is 1.89. The zero-order valence-corrected chi connectivity index (χ0v) is 7.63. The average Bonchev–Trinajstić information content (AvgIpc) is 2.39. The Kier molecular flexibility index (Phi) is 1.54. The molecule has 0 saturated carbocycles. The lowest BCUT2D eigenvalue weighted by atomic mass is 10.4. The summed E-state index contributed by atoms with van der Waals surface area (Å²) in [5.41, 5.74) is 2.66. The van der Waals surface area contributed by atoms with Gasteiger partial charge in [-0.25, -0.2) is 9.50 Å². The van der Waals surface area contributed by atoms with Crippen molar-refractivity contribution in [2.45, 2.75) is 13.8 Å². The molecule has 0 atom stereocenters. The molecular formula is C8H8ClN3. The summed E-state index contributed by atoms with van der Waals surface area (Å²) >= 11 is 6.00. The van der Waals surface area contributed by atoms with Crippen LogP contribution in [0, 0.1) is 13.8 Å². The Morgan fingerprint density at radius 2 is 2.17 bits per heavy atom. The molecule has 0 bridgehead atoms. The van der Waals surface area contributed by atoms with Crippen molar-refractivity contribution in [2.75, 3.05) is 0 Å². The first-order valence-electron chi connectivity index (χ1n) is 3.66. The van der Waals surface area contributed by atoms with Gasteiger partial charge in [-0.15, -0.1) is 0 Å². The largest absolute Gasteiger partial charge is 0.237 e. The molecule has 0 aliphatic rings. The van der Waals surface area contributed by atoms with Crippen molar-refractivity contribution in [3.63, 3.8) is 0 Å². The van der Waals surface area contributed by atoms with Crippen LogP contribution in [-0.4, -0.2) is 14.6 Å². The standard InChI is InChI=1S/C8H8ClN3/c1-5-4-10-7-3-6(2)11-12(7)8(5)9/h3-4H,1-2H3. The SMILES string of the molecule is Cc1cc2ncc(C)c(Cl)n2n1. The maximum absolute atomic E-state index is 6.00. The molecule has 2 rings (SSSR count). The van der Waals surface area contributed by atoms with E-state index in [0.29, 0.717) is 5.15 Å². The number of fused-ring (bicyclic) bond motifs is 1. The number of hydrogen-bond acceptors (Lipinski definition) is 2. The Morgan fingerprint density at radius 1 is 1.42 bits per heavy atom. The third-order valence-electron chi connectivity index (χ3n) is 1.71. The van der Waals surface area contributed by atoms with E-state index in [9.17, 15) is 0 Å². The van der Waals surface area contributed by atoms with E-state index >= 15 is 0 Å². The molecule has 0 radical (unpaired) electrons. The normalized spacial score (nSPS) is 10.9. The first kappa shape index (κ1) is 7.55. The fraction of sp³-hybridized carbons (Fsp3) is 0.250. The van der Waals surface area contributed by atoms with Crippen molar-refractivity contribution in [2.24, 2.45) is 0 Å². The van der Waals surface area contributed by atoms with Crippen molar-refractivity contribution in [1.82, 2.24) is 14.6 Å². The van der Waals surface area contributed by atoms with E-state index in [2.05, 4.69) is 10.1 Å². The van der Waals surface area contributed by atoms with Gasteiger partial charge in [0.15, 0.2) is 5.65 Å². The number of aromatic nitrogens is 3. The molecule has 0 amide bonds. The van der Waals surface area contributed by atoms with Crippen LogP contribution in [0.25, 0.3) is 5.65 Å². The van der Waals surface area contributed by atoms with Gasteiger partial charge < -0.3 is 0 Å². The molecule has 0 aliphatic heterocycles. The molecule has 2 heterocycles. The summed E-state index contributed by atoms with van der Waals surface area (Å²) in [6.07, 6.45) is 1.75. The van der Waals surface area contributed by atoms with Crippen molar-refractivity contribution in [1.29, 1.82) is 0 Å². The third kappa shape index (κ3) is 0.975. The van der Waals surface area contributed by atoms with Crippen LogP contribution in [0.5, 0.6) is 0 Å². The second kappa shape index (κ2) is 2.45. The predicted octanol–water partition coefficient (Wildman–Crippen LogP) is 2.00. The van der Waals surface area contributed by atoms with Crippen LogP contribution in [0.3, 0.4) is 0 Å². The lowest BCUT2D eigenvalue weighted by Crippen LogP contribution is -1.94. The summed E-state index contributed by atoms with van der Waals surface area (Å²) < 4.78 is 1.65. The topological polar surface area (TPSA) is 30.2 Å². The van der Waals surface area contributed by atoms with Crippen LogP contribution < -0.4 is 0 Å². The van der Waals surface area contributed by atoms with Gasteiger partial charge in [0.05, 0.1) is 5.69 Å². The number of halogens is 1. The molecule has 0 N–H and O–H groups in total. The minimum Gasteiger partial charge on any atom is -0.237 e. The quantitative estimate of drug-likeness (QED) is 0.582. The average molecular weight is 182 g/mol. The Labute approximate surface area is 75.0 Å². The molecule has 0 saturated heterocycles. The van der Waals surface area contributed by atoms with Crippen LogP contribution in [0.4, 0.5) is 0 Å². The second-order valence-electron chi connectivity index (χ2n) is 2.79. The van der Waals surface area contributed by atoms with Crippen molar-refractivity contribution in [3.8, 4) is 0 Å². The number of aryl methyl sites for hydroxylation is 2. The maximum Gasteiger partial charge on any atom is 0.156 e. The Morgan fingerprint density at radius 3 is 2.92 bits per heavy atom. The van der Waals surface area contributed by atoms with E-state index in [1.807, 2.05) is 19.9 Å². The number of nitrogens with zero attached hydrogens (tertiary/aromatic N) is 3. The van der Waals surface area contributed by atoms with E-state index < -0.39 is 0 Å². The molecule has 0 spiro atoms. The van der Waals surface area contributed by atoms with Gasteiger partial charge in [-0.3, -0.25) is 0 Å². The van der Waals surface area contributed by atoms with Gasteiger partial charge in [-0.1, -0.05) is 11.6 Å². The Hall–Kier alpha value is -1.09. The second-order valence-corrected chi connectivity index (χ2v) is 3.15. The van der Waals surface area contributed by atoms with Crippen molar-refractivity contribution >= 4 is 17.2 Å². The lowest BCUT2D eigenvalue weighted by molar-refractivity contribution is 0.908. The van der Waals surface area contributed by atoms with Crippen LogP contribution in [0.1, 0.15) is 11.3 Å². The molecule has 12 heavy (non-hydrogen) atoms. The van der Waals surface area contributed by atoms with Crippen LogP contribution in [-0.2, 0) is 0 Å². The van der Waals surface area contributed by atoms with Crippen molar-refractivity contribution < 1.29 is 0 Å². The smallest absolute Gasteiger partial charge is 0.156 e. The van der Waals surface area contributed by atoms with Gasteiger partial charge in [-0.2, -0.15) is 5.10 Å². The van der Waals surface area contributed by atoms with Gasteiger partial charge in [-0.05, 0) is 13.8 Å². The molecule has 4 heteroatoms. The summed E-state index contributed by atoms with van der Waals surface area (Å²) in [4.78, 5) is 4.18. The first-order valence-corrected chi connectivity index (χ1v) is 4.04. The zero-order chi connectivity index (χ0) is 8.72. The molecular weight excluding hydrogens is 174 g/mol. The number of hydrogen-bond donors (Lipinski definition) is 0. The fourth-order valence-electron chi connectivity index (χ4n) is 1.11. The van der Waals surface area contributed by atoms with Gasteiger partial charge in [0.2, 0.25) is 0 Å². The Balaban J connectivity index is 2.89. The Bertz CT molecular complexity index is 433. The monoisotopic (exact) mass is 181 g/mol. The molecule has 2 aromatic rings. The van der Waals surface area contributed by atoms with Crippen LogP contribution >= 0.6 is 11.6 Å². The van der Waals surface area contributed by atoms with E-state index in [4.69, 9.17) is 11.6 Å². The van der Waals surface area contributed by atoms with E-state index in [-0.39, 0.29) is 0 Å². The molecule has 0 aromatic carbocycles. The highest BCUT2D eigenvalue weighted by molar-refractivity contribution is 6.30. The summed E-state index contributed by atoms with van der Waals surface area (Å²) in [5, 5.41) is 4.83.